The number of ether oxygens (including phenoxy) is 3. The summed E-state index contributed by atoms with van der Waals surface area (Å²) in [5, 5.41) is 4.70. The van der Waals surface area contributed by atoms with E-state index in [1.54, 1.807) is 0 Å². The molecule has 1 aliphatic heterocycles. The van der Waals surface area contributed by atoms with Gasteiger partial charge in [-0.05, 0) is 12.8 Å². The molecule has 0 amide bonds. The van der Waals surface area contributed by atoms with Crippen molar-refractivity contribution in [3.8, 4) is 0 Å². The molecule has 52 heavy (non-hydrogen) atoms. The van der Waals surface area contributed by atoms with Crippen LogP contribution in [0.15, 0.2) is 17.3 Å². The summed E-state index contributed by atoms with van der Waals surface area (Å²) in [6, 6.07) is 0. The summed E-state index contributed by atoms with van der Waals surface area (Å²) >= 11 is 0. The number of unbranched alkanes of at least 4 members (excludes halogenated alkanes) is 24. The molecule has 1 aliphatic rings. The van der Waals surface area contributed by atoms with Gasteiger partial charge in [0.2, 0.25) is 0 Å². The van der Waals surface area contributed by atoms with Crippen LogP contribution in [-0.4, -0.2) is 50.5 Å². The first kappa shape index (κ1) is 43.7. The number of rotatable bonds is 32. The molecule has 0 aliphatic carbocycles. The summed E-state index contributed by atoms with van der Waals surface area (Å²) in [6.07, 6.45) is 34.5. The van der Waals surface area contributed by atoms with Gasteiger partial charge in [0.1, 0.15) is 12.0 Å². The van der Waals surface area contributed by atoms with Crippen LogP contribution >= 0.6 is 0 Å². The van der Waals surface area contributed by atoms with Crippen molar-refractivity contribution >= 4 is 23.0 Å². The number of hydrogen-bond acceptors (Lipinski definition) is 8. The number of aromatic amines is 1. The highest BCUT2D eigenvalue weighted by Crippen LogP contribution is 2.33. The molecule has 10 heteroatoms. The maximum Gasteiger partial charge on any atom is 0.306 e. The lowest BCUT2D eigenvalue weighted by Crippen LogP contribution is -2.26. The van der Waals surface area contributed by atoms with Gasteiger partial charge in [-0.25, -0.2) is 9.67 Å². The van der Waals surface area contributed by atoms with Gasteiger partial charge in [-0.1, -0.05) is 168 Å². The van der Waals surface area contributed by atoms with Crippen LogP contribution in [0.5, 0.6) is 0 Å². The van der Waals surface area contributed by atoms with Crippen LogP contribution in [0.3, 0.4) is 0 Å². The van der Waals surface area contributed by atoms with Crippen LogP contribution in [-0.2, 0) is 23.8 Å². The third-order valence-electron chi connectivity index (χ3n) is 10.5. The summed E-state index contributed by atoms with van der Waals surface area (Å²) in [5.41, 5.74) is 0.0511. The summed E-state index contributed by atoms with van der Waals surface area (Å²) < 4.78 is 19.3. The van der Waals surface area contributed by atoms with E-state index in [2.05, 4.69) is 28.9 Å². The van der Waals surface area contributed by atoms with Crippen molar-refractivity contribution < 1.29 is 23.8 Å². The van der Waals surface area contributed by atoms with Gasteiger partial charge in [0, 0.05) is 19.3 Å². The normalized spacial score (nSPS) is 17.2. The topological polar surface area (TPSA) is 125 Å². The molecule has 0 bridgehead atoms. The Balaban J connectivity index is 1.32. The second kappa shape index (κ2) is 27.8. The Morgan fingerprint density at radius 3 is 1.67 bits per heavy atom. The fourth-order valence-corrected chi connectivity index (χ4v) is 7.27. The van der Waals surface area contributed by atoms with Gasteiger partial charge in [0.25, 0.3) is 5.56 Å². The number of carbonyl (C=O) groups is 2. The molecule has 0 saturated carbocycles. The monoisotopic (exact) mass is 729 g/mol. The van der Waals surface area contributed by atoms with Gasteiger partial charge in [0.05, 0.1) is 18.6 Å². The van der Waals surface area contributed by atoms with Crippen LogP contribution in [0.2, 0.25) is 0 Å². The molecule has 1 saturated heterocycles. The lowest BCUT2D eigenvalue weighted by Gasteiger charge is -2.19. The predicted octanol–water partition coefficient (Wildman–Crippen LogP) is 10.8. The second-order valence-corrected chi connectivity index (χ2v) is 15.1. The quantitative estimate of drug-likeness (QED) is 0.0583. The van der Waals surface area contributed by atoms with Crippen LogP contribution in [0.1, 0.15) is 206 Å². The Hall–Kier alpha value is -2.75. The van der Waals surface area contributed by atoms with Crippen LogP contribution in [0.25, 0.3) is 11.0 Å². The van der Waals surface area contributed by atoms with Crippen molar-refractivity contribution in [2.75, 3.05) is 6.61 Å². The van der Waals surface area contributed by atoms with Gasteiger partial charge in [-0.2, -0.15) is 5.10 Å². The number of hydrogen-bond donors (Lipinski definition) is 1. The molecule has 1 N–H and O–H groups in total. The van der Waals surface area contributed by atoms with Crippen molar-refractivity contribution in [1.29, 1.82) is 0 Å². The molecule has 296 valence electrons. The largest absolute Gasteiger partial charge is 0.463 e. The first-order valence-corrected chi connectivity index (χ1v) is 21.4. The molecule has 2 aromatic heterocycles. The first-order chi connectivity index (χ1) is 25.5. The third kappa shape index (κ3) is 17.8. The highest BCUT2D eigenvalue weighted by atomic mass is 16.6. The van der Waals surface area contributed by atoms with Gasteiger partial charge in [-0.3, -0.25) is 14.4 Å². The summed E-state index contributed by atoms with van der Waals surface area (Å²) in [6.45, 7) is 4.60. The fourth-order valence-electron chi connectivity index (χ4n) is 7.27. The van der Waals surface area contributed by atoms with E-state index >= 15 is 0 Å². The lowest BCUT2D eigenvalue weighted by molar-refractivity contribution is -0.156. The number of carbonyl (C=O) groups excluding carboxylic acids is 2. The van der Waals surface area contributed by atoms with Crippen molar-refractivity contribution in [1.82, 2.24) is 19.7 Å². The van der Waals surface area contributed by atoms with Crippen LogP contribution in [0, 0.1) is 0 Å². The Morgan fingerprint density at radius 2 is 1.17 bits per heavy atom. The average molecular weight is 729 g/mol. The Morgan fingerprint density at radius 1 is 0.712 bits per heavy atom. The highest BCUT2D eigenvalue weighted by Gasteiger charge is 2.41. The molecule has 3 heterocycles. The van der Waals surface area contributed by atoms with E-state index < -0.39 is 18.4 Å². The van der Waals surface area contributed by atoms with Gasteiger partial charge >= 0.3 is 11.9 Å². The van der Waals surface area contributed by atoms with E-state index in [0.717, 1.165) is 38.5 Å². The molecule has 0 radical (unpaired) electrons. The number of nitrogens with one attached hydrogen (secondary N) is 1. The summed E-state index contributed by atoms with van der Waals surface area (Å²) in [5.74, 6) is -0.507. The minimum absolute atomic E-state index is 0.0773. The minimum Gasteiger partial charge on any atom is -0.463 e. The van der Waals surface area contributed by atoms with E-state index in [-0.39, 0.29) is 24.1 Å². The number of aromatic nitrogens is 4. The van der Waals surface area contributed by atoms with Crippen molar-refractivity contribution in [3.05, 3.63) is 22.9 Å². The van der Waals surface area contributed by atoms with Gasteiger partial charge in [0.15, 0.2) is 18.0 Å². The molecule has 10 nitrogen and oxygen atoms in total. The zero-order valence-corrected chi connectivity index (χ0v) is 32.9. The van der Waals surface area contributed by atoms with E-state index in [4.69, 9.17) is 14.2 Å². The zero-order valence-electron chi connectivity index (χ0n) is 32.9. The molecule has 0 unspecified atom stereocenters. The maximum atomic E-state index is 12.9. The number of esters is 2. The summed E-state index contributed by atoms with van der Waals surface area (Å²) in [4.78, 5) is 44.7. The molecule has 0 aromatic carbocycles. The van der Waals surface area contributed by atoms with Crippen LogP contribution in [0.4, 0.5) is 0 Å². The standard InChI is InChI=1S/C42H72N4O6/c1-3-5-7-9-11-13-15-17-19-21-23-25-27-29-38(47)50-33-35-31-37(42(51-35)46-40-36(32-45-46)41(49)44-34-43-40)52-39(48)30-28-26-24-22-20-18-16-14-12-10-8-6-4-2/h32,34-35,37,42H,3-31,33H2,1-2H3,(H,43,44,49)/t35-,37+,42+/m0/s1. The van der Waals surface area contributed by atoms with E-state index in [9.17, 15) is 14.4 Å². The van der Waals surface area contributed by atoms with Crippen molar-refractivity contribution in [2.24, 2.45) is 0 Å². The smallest absolute Gasteiger partial charge is 0.306 e. The summed E-state index contributed by atoms with van der Waals surface area (Å²) in [7, 11) is 0. The fraction of sp³-hybridized carbons (Fsp3) is 0.833. The third-order valence-corrected chi connectivity index (χ3v) is 10.5. The Bertz CT molecular complexity index is 1280. The van der Waals surface area contributed by atoms with Crippen molar-refractivity contribution in [3.63, 3.8) is 0 Å². The van der Waals surface area contributed by atoms with Gasteiger partial charge in [-0.15, -0.1) is 0 Å². The number of H-pyrrole nitrogens is 1. The maximum absolute atomic E-state index is 12.9. The lowest BCUT2D eigenvalue weighted by atomic mass is 10.0. The first-order valence-electron chi connectivity index (χ1n) is 21.4. The molecule has 2 aromatic rings. The second-order valence-electron chi connectivity index (χ2n) is 15.1. The van der Waals surface area contributed by atoms with E-state index in [1.807, 2.05) is 0 Å². The number of nitrogens with zero attached hydrogens (tertiary/aromatic N) is 3. The molecule has 3 rings (SSSR count). The van der Waals surface area contributed by atoms with Gasteiger partial charge < -0.3 is 19.2 Å². The van der Waals surface area contributed by atoms with Crippen molar-refractivity contribution in [2.45, 2.75) is 218 Å². The average Bonchev–Trinajstić information content (AvgIpc) is 3.75. The molecular weight excluding hydrogens is 656 g/mol. The highest BCUT2D eigenvalue weighted by molar-refractivity contribution is 5.73. The number of fused-ring (bicyclic) bond motifs is 1. The molecule has 1 fully saturated rings. The zero-order chi connectivity index (χ0) is 37.1. The molecule has 3 atom stereocenters. The molecular formula is C42H72N4O6. The van der Waals surface area contributed by atoms with E-state index in [1.165, 1.54) is 146 Å². The molecule has 0 spiro atoms. The van der Waals surface area contributed by atoms with E-state index in [0.29, 0.717) is 30.3 Å². The SMILES string of the molecule is CCCCCCCCCCCCCCCC(=O)OC[C@@H]1C[C@@H](OC(=O)CCCCCCCCCCCCCCC)[C@H](n2ncc3c(=O)[nH]cnc32)O1. The Kier molecular flexibility index (Phi) is 23.3. The van der Waals surface area contributed by atoms with Crippen LogP contribution < -0.4 is 5.56 Å². The minimum atomic E-state index is -0.771. The Labute approximate surface area is 313 Å². The predicted molar refractivity (Wildman–Crippen MR) is 208 cm³/mol.